The van der Waals surface area contributed by atoms with Gasteiger partial charge in [0.25, 0.3) is 0 Å². The van der Waals surface area contributed by atoms with Crippen LogP contribution in [0.5, 0.6) is 0 Å². The van der Waals surface area contributed by atoms with Gasteiger partial charge < -0.3 is 30.9 Å². The van der Waals surface area contributed by atoms with E-state index in [1.807, 2.05) is 0 Å². The molecular weight excluding hydrogens is 510 g/mol. The predicted octanol–water partition coefficient (Wildman–Crippen LogP) is 5.07. The van der Waals surface area contributed by atoms with Crippen LogP contribution in [0.25, 0.3) is 0 Å². The van der Waals surface area contributed by atoms with Crippen LogP contribution >= 0.6 is 0 Å². The second kappa shape index (κ2) is 18.0. The highest BCUT2D eigenvalue weighted by molar-refractivity contribution is 5.77. The van der Waals surface area contributed by atoms with E-state index in [0.717, 1.165) is 44.7 Å². The lowest BCUT2D eigenvalue weighted by atomic mass is 10.1. The number of urea groups is 1. The molecule has 1 fully saturated rings. The van der Waals surface area contributed by atoms with Gasteiger partial charge in [0, 0.05) is 12.7 Å². The molecule has 0 radical (unpaired) electrons. The summed E-state index contributed by atoms with van der Waals surface area (Å²) in [6.45, 7) is 2.04. The summed E-state index contributed by atoms with van der Waals surface area (Å²) >= 11 is 0. The number of carbonyl (C=O) groups excluding carboxylic acids is 2. The average molecular weight is 557 g/mol. The van der Waals surface area contributed by atoms with Crippen LogP contribution in [0.2, 0.25) is 0 Å². The first kappa shape index (κ1) is 32.7. The smallest absolute Gasteiger partial charge is 0.407 e. The quantitative estimate of drug-likeness (QED) is 0.138. The standard InChI is InChI=1S/C28H46F2N4O5/c1-2-3-4-5-6-7-8-9-10-11-12-13-14-15-16-17-19-32-27(37)38-21-22-24(35)28(29,30)25(39-22)34-20-18-23(31)33-26(34)36/h6-7,9-10,18,20,22-25,35H,2-5,8,11-17,19,21,31H2,1H3,(H,32,37)(H,33,36)/b7-6-,10-9-/t22-,23?,24-,25-/m1/s1. The number of aliphatic hydroxyl groups is 1. The Balaban J connectivity index is 1.49. The van der Waals surface area contributed by atoms with Crippen molar-refractivity contribution in [2.75, 3.05) is 13.2 Å². The molecule has 0 aliphatic carbocycles. The molecule has 2 rings (SSSR count). The van der Waals surface area contributed by atoms with Crippen molar-refractivity contribution in [3.8, 4) is 0 Å². The Morgan fingerprint density at radius 1 is 1.13 bits per heavy atom. The lowest BCUT2D eigenvalue weighted by Crippen LogP contribution is -2.57. The molecule has 0 aromatic heterocycles. The Hall–Kier alpha value is -2.50. The summed E-state index contributed by atoms with van der Waals surface area (Å²) in [6, 6.07) is -0.880. The van der Waals surface area contributed by atoms with Crippen LogP contribution in [0.1, 0.15) is 84.0 Å². The van der Waals surface area contributed by atoms with Gasteiger partial charge in [-0.05, 0) is 44.6 Å². The monoisotopic (exact) mass is 556 g/mol. The Labute approximate surface area is 230 Å². The molecule has 0 aromatic carbocycles. The van der Waals surface area contributed by atoms with E-state index >= 15 is 0 Å². The van der Waals surface area contributed by atoms with Crippen LogP contribution in [0.3, 0.4) is 0 Å². The van der Waals surface area contributed by atoms with Crippen molar-refractivity contribution in [3.63, 3.8) is 0 Å². The van der Waals surface area contributed by atoms with Gasteiger partial charge in [-0.15, -0.1) is 0 Å². The summed E-state index contributed by atoms with van der Waals surface area (Å²) in [4.78, 5) is 24.5. The zero-order chi connectivity index (χ0) is 28.5. The number of hydrogen-bond donors (Lipinski definition) is 4. The Morgan fingerprint density at radius 3 is 2.44 bits per heavy atom. The van der Waals surface area contributed by atoms with E-state index < -0.39 is 49.3 Å². The molecule has 222 valence electrons. The lowest BCUT2D eigenvalue weighted by molar-refractivity contribution is -0.145. The van der Waals surface area contributed by atoms with Crippen LogP contribution in [0, 0.1) is 0 Å². The maximum atomic E-state index is 14.5. The molecule has 3 amide bonds. The maximum absolute atomic E-state index is 14.5. The second-order valence-electron chi connectivity index (χ2n) is 9.98. The number of halogens is 2. The van der Waals surface area contributed by atoms with Gasteiger partial charge in [0.15, 0.2) is 6.10 Å². The van der Waals surface area contributed by atoms with Crippen LogP contribution in [0.4, 0.5) is 18.4 Å². The second-order valence-corrected chi connectivity index (χ2v) is 9.98. The molecule has 39 heavy (non-hydrogen) atoms. The van der Waals surface area contributed by atoms with Crippen LogP contribution in [0.15, 0.2) is 36.6 Å². The number of rotatable bonds is 18. The fourth-order valence-corrected chi connectivity index (χ4v) is 4.32. The molecular formula is C28H46F2N4O5. The average Bonchev–Trinajstić information content (AvgIpc) is 3.12. The number of ether oxygens (including phenoxy) is 2. The fourth-order valence-electron chi connectivity index (χ4n) is 4.32. The van der Waals surface area contributed by atoms with E-state index in [1.165, 1.54) is 44.6 Å². The minimum Gasteiger partial charge on any atom is -0.447 e. The Kier molecular flexibility index (Phi) is 15.1. The molecule has 0 bridgehead atoms. The predicted molar refractivity (Wildman–Crippen MR) is 146 cm³/mol. The van der Waals surface area contributed by atoms with Gasteiger partial charge in [-0.1, -0.05) is 69.8 Å². The molecule has 4 atom stereocenters. The number of allylic oxidation sites excluding steroid dienone is 4. The zero-order valence-corrected chi connectivity index (χ0v) is 23.0. The number of nitrogens with two attached hydrogens (primary N) is 1. The lowest BCUT2D eigenvalue weighted by Gasteiger charge is -2.32. The molecule has 1 saturated heterocycles. The molecule has 0 aromatic rings. The van der Waals surface area contributed by atoms with Gasteiger partial charge in [0.1, 0.15) is 12.7 Å². The van der Waals surface area contributed by atoms with Gasteiger partial charge in [-0.2, -0.15) is 8.78 Å². The van der Waals surface area contributed by atoms with E-state index in [0.29, 0.717) is 11.4 Å². The molecule has 1 unspecified atom stereocenters. The van der Waals surface area contributed by atoms with E-state index in [-0.39, 0.29) is 0 Å². The first-order chi connectivity index (χ1) is 18.8. The van der Waals surface area contributed by atoms with E-state index in [9.17, 15) is 23.5 Å². The Morgan fingerprint density at radius 2 is 1.77 bits per heavy atom. The van der Waals surface area contributed by atoms with Crippen LogP contribution in [-0.4, -0.2) is 65.8 Å². The Bertz CT molecular complexity index is 824. The number of amides is 3. The SMILES string of the molecule is CCCCC/C=C\C/C=C\CCCCCCCCNC(=O)OC[C@H]1O[C@@H](N2C=CC(N)NC2=O)C(F)(F)[C@@H]1O. The molecule has 2 heterocycles. The first-order valence-corrected chi connectivity index (χ1v) is 14.2. The van der Waals surface area contributed by atoms with E-state index in [4.69, 9.17) is 15.2 Å². The highest BCUT2D eigenvalue weighted by atomic mass is 19.3. The van der Waals surface area contributed by atoms with Crippen LogP contribution in [-0.2, 0) is 9.47 Å². The fraction of sp³-hybridized carbons (Fsp3) is 0.714. The largest absolute Gasteiger partial charge is 0.447 e. The topological polar surface area (TPSA) is 126 Å². The number of nitrogens with zero attached hydrogens (tertiary/aromatic N) is 1. The molecule has 9 nitrogen and oxygen atoms in total. The van der Waals surface area contributed by atoms with Crippen LogP contribution < -0.4 is 16.4 Å². The summed E-state index contributed by atoms with van der Waals surface area (Å²) < 4.78 is 39.2. The highest BCUT2D eigenvalue weighted by Crippen LogP contribution is 2.38. The summed E-state index contributed by atoms with van der Waals surface area (Å²) in [5, 5.41) is 14.9. The summed E-state index contributed by atoms with van der Waals surface area (Å²) in [6.07, 6.45) is 17.4. The highest BCUT2D eigenvalue weighted by Gasteiger charge is 2.61. The van der Waals surface area contributed by atoms with Crippen molar-refractivity contribution in [2.24, 2.45) is 5.73 Å². The number of hydrogen-bond acceptors (Lipinski definition) is 6. The third kappa shape index (κ3) is 11.6. The molecule has 2 aliphatic rings. The van der Waals surface area contributed by atoms with Crippen molar-refractivity contribution in [2.45, 2.75) is 114 Å². The van der Waals surface area contributed by atoms with Crippen molar-refractivity contribution in [1.29, 1.82) is 0 Å². The number of nitrogens with one attached hydrogen (secondary N) is 2. The number of alkyl halides is 2. The first-order valence-electron chi connectivity index (χ1n) is 14.2. The third-order valence-corrected chi connectivity index (χ3v) is 6.64. The minimum atomic E-state index is -3.77. The zero-order valence-electron chi connectivity index (χ0n) is 23.0. The van der Waals surface area contributed by atoms with Crippen molar-refractivity contribution >= 4 is 12.1 Å². The van der Waals surface area contributed by atoms with E-state index in [2.05, 4.69) is 41.9 Å². The summed E-state index contributed by atoms with van der Waals surface area (Å²) in [5.74, 6) is -3.77. The van der Waals surface area contributed by atoms with Gasteiger partial charge in [-0.25, -0.2) is 9.59 Å². The van der Waals surface area contributed by atoms with Crippen molar-refractivity contribution in [3.05, 3.63) is 36.6 Å². The number of aliphatic hydroxyl groups excluding tert-OH is 1. The molecule has 5 N–H and O–H groups in total. The van der Waals surface area contributed by atoms with Crippen molar-refractivity contribution < 1.29 is 33.0 Å². The number of carbonyl (C=O) groups is 2. The molecule has 11 heteroatoms. The normalized spacial score (nSPS) is 24.5. The van der Waals surface area contributed by atoms with Gasteiger partial charge >= 0.3 is 18.0 Å². The third-order valence-electron chi connectivity index (χ3n) is 6.64. The van der Waals surface area contributed by atoms with Gasteiger partial charge in [0.05, 0.1) is 6.17 Å². The van der Waals surface area contributed by atoms with Gasteiger partial charge in [0.2, 0.25) is 6.23 Å². The maximum Gasteiger partial charge on any atom is 0.407 e. The number of unbranched alkanes of at least 4 members (excludes halogenated alkanes) is 9. The number of alkyl carbamates (subject to hydrolysis) is 1. The van der Waals surface area contributed by atoms with E-state index in [1.54, 1.807) is 0 Å². The molecule has 2 aliphatic heterocycles. The molecule has 0 spiro atoms. The van der Waals surface area contributed by atoms with Gasteiger partial charge in [-0.3, -0.25) is 4.90 Å². The van der Waals surface area contributed by atoms with Crippen molar-refractivity contribution in [1.82, 2.24) is 15.5 Å². The molecule has 0 saturated carbocycles. The minimum absolute atomic E-state index is 0.402. The summed E-state index contributed by atoms with van der Waals surface area (Å²) in [5.41, 5.74) is 5.52. The summed E-state index contributed by atoms with van der Waals surface area (Å²) in [7, 11) is 0.